The van der Waals surface area contributed by atoms with Crippen LogP contribution in [0.25, 0.3) is 0 Å². The predicted molar refractivity (Wildman–Crippen MR) is 190 cm³/mol. The lowest BCUT2D eigenvalue weighted by Gasteiger charge is -2.29. The summed E-state index contributed by atoms with van der Waals surface area (Å²) in [6.07, 6.45) is 14.4. The highest BCUT2D eigenvalue weighted by atomic mass is 32.2. The Hall–Kier alpha value is -4.18. The lowest BCUT2D eigenvalue weighted by molar-refractivity contribution is -0.115. The van der Waals surface area contributed by atoms with Crippen LogP contribution in [0.15, 0.2) is 82.7 Å². The molecule has 9 nitrogen and oxygen atoms in total. The fourth-order valence-corrected chi connectivity index (χ4v) is 7.30. The molecule has 3 aromatic carbocycles. The topological polar surface area (TPSA) is 114 Å². The average molecular weight is 676 g/mol. The maximum Gasteiger partial charge on any atom is 0.338 e. The number of benzene rings is 3. The number of rotatable bonds is 20. The van der Waals surface area contributed by atoms with Gasteiger partial charge >= 0.3 is 5.97 Å². The number of fused-ring (bicyclic) bond motifs is 1. The van der Waals surface area contributed by atoms with Gasteiger partial charge in [0, 0.05) is 0 Å². The number of ether oxygens (including phenoxy) is 2. The third-order valence-electron chi connectivity index (χ3n) is 8.40. The summed E-state index contributed by atoms with van der Waals surface area (Å²) in [5, 5.41) is 2.78. The number of carbonyl (C=O) groups excluding carboxylic acids is 2. The first kappa shape index (κ1) is 36.7. The molecule has 1 amide bonds. The van der Waals surface area contributed by atoms with Crippen LogP contribution in [0.5, 0.6) is 5.75 Å². The van der Waals surface area contributed by atoms with E-state index in [1.54, 1.807) is 30.3 Å². The van der Waals surface area contributed by atoms with Gasteiger partial charge in [-0.15, -0.1) is 0 Å². The minimum atomic E-state index is -3.97. The van der Waals surface area contributed by atoms with Gasteiger partial charge in [0.05, 0.1) is 43.6 Å². The van der Waals surface area contributed by atoms with Gasteiger partial charge < -0.3 is 14.8 Å². The molecule has 0 aromatic heterocycles. The number of amides is 1. The molecule has 0 saturated heterocycles. The number of aliphatic imine (C=N–C) groups is 1. The van der Waals surface area contributed by atoms with Gasteiger partial charge in [-0.1, -0.05) is 120 Å². The molecule has 0 aliphatic carbocycles. The van der Waals surface area contributed by atoms with E-state index < -0.39 is 21.9 Å². The summed E-state index contributed by atoms with van der Waals surface area (Å²) in [4.78, 5) is 30.9. The third kappa shape index (κ3) is 10.7. The van der Waals surface area contributed by atoms with Crippen molar-refractivity contribution < 1.29 is 27.5 Å². The van der Waals surface area contributed by atoms with Gasteiger partial charge in [-0.3, -0.25) is 4.79 Å². The lowest BCUT2D eigenvalue weighted by atomic mass is 10.1. The van der Waals surface area contributed by atoms with Crippen molar-refractivity contribution in [2.45, 2.75) is 102 Å². The minimum absolute atomic E-state index is 0.0213. The second kappa shape index (κ2) is 19.0. The van der Waals surface area contributed by atoms with E-state index in [0.29, 0.717) is 12.4 Å². The zero-order valence-electron chi connectivity index (χ0n) is 28.3. The fourth-order valence-electron chi connectivity index (χ4n) is 5.73. The van der Waals surface area contributed by atoms with E-state index in [4.69, 9.17) is 9.47 Å². The van der Waals surface area contributed by atoms with Crippen LogP contribution in [0, 0.1) is 0 Å². The summed E-state index contributed by atoms with van der Waals surface area (Å²) in [5.41, 5.74) is 1.59. The normalized spacial score (nSPS) is 13.4. The highest BCUT2D eigenvalue weighted by Crippen LogP contribution is 2.34. The van der Waals surface area contributed by atoms with Crippen molar-refractivity contribution in [2.75, 3.05) is 19.0 Å². The van der Waals surface area contributed by atoms with Crippen molar-refractivity contribution >= 4 is 39.1 Å². The van der Waals surface area contributed by atoms with E-state index in [-0.39, 0.29) is 40.6 Å². The molecule has 1 aliphatic heterocycles. The predicted octanol–water partition coefficient (Wildman–Crippen LogP) is 8.82. The second-order valence-electron chi connectivity index (χ2n) is 12.2. The molecule has 1 heterocycles. The van der Waals surface area contributed by atoms with Gasteiger partial charge in [-0.05, 0) is 42.3 Å². The number of unbranched alkanes of at least 4 members (excludes halogenated alkanes) is 11. The van der Waals surface area contributed by atoms with E-state index >= 15 is 0 Å². The summed E-state index contributed by atoms with van der Waals surface area (Å²) >= 11 is 0. The number of nitrogens with one attached hydrogen (secondary N) is 1. The number of hydrogen-bond donors (Lipinski definition) is 1. The van der Waals surface area contributed by atoms with Crippen molar-refractivity contribution in [3.63, 3.8) is 0 Å². The molecule has 0 saturated carbocycles. The fraction of sp³-hybridized carbons (Fsp3) is 0.447. The number of amidine groups is 1. The van der Waals surface area contributed by atoms with Crippen LogP contribution in [-0.4, -0.2) is 44.2 Å². The van der Waals surface area contributed by atoms with Crippen LogP contribution >= 0.6 is 0 Å². The molecular weight excluding hydrogens is 626 g/mol. The van der Waals surface area contributed by atoms with Gasteiger partial charge in [0.15, 0.2) is 0 Å². The standard InChI is InChI=1S/C38H49N3O6S/c1-3-4-5-6-7-8-9-10-11-12-13-19-26-47-38(43)31-24-25-34(46-2)33(27-31)40-37(42)28-36-39-32-22-17-18-23-35(32)48(44,45)41(36)29-30-20-15-14-16-21-30/h14-18,20-25,27H,3-13,19,26,28-29H2,1-2H3,(H,40,42). The molecule has 3 aromatic rings. The van der Waals surface area contributed by atoms with Crippen LogP contribution in [0.2, 0.25) is 0 Å². The van der Waals surface area contributed by atoms with Gasteiger partial charge in [0.1, 0.15) is 16.5 Å². The van der Waals surface area contributed by atoms with Crippen molar-refractivity contribution in [1.82, 2.24) is 4.31 Å². The van der Waals surface area contributed by atoms with Crippen LogP contribution in [0.1, 0.15) is 106 Å². The van der Waals surface area contributed by atoms with Crippen molar-refractivity contribution in [3.05, 3.63) is 83.9 Å². The van der Waals surface area contributed by atoms with Crippen molar-refractivity contribution in [1.29, 1.82) is 0 Å². The number of sulfonamides is 1. The first-order valence-electron chi connectivity index (χ1n) is 17.2. The van der Waals surface area contributed by atoms with Crippen LogP contribution < -0.4 is 10.1 Å². The number of methoxy groups -OCH3 is 1. The Bertz CT molecular complexity index is 1620. The van der Waals surface area contributed by atoms with E-state index in [1.165, 1.54) is 81.3 Å². The molecule has 1 aliphatic rings. The molecule has 0 radical (unpaired) electrons. The number of para-hydroxylation sites is 1. The monoisotopic (exact) mass is 675 g/mol. The van der Waals surface area contributed by atoms with E-state index in [2.05, 4.69) is 17.2 Å². The first-order chi connectivity index (χ1) is 23.3. The summed E-state index contributed by atoms with van der Waals surface area (Å²) in [5.74, 6) is -0.552. The van der Waals surface area contributed by atoms with Gasteiger partial charge in [0.2, 0.25) is 5.91 Å². The molecule has 0 unspecified atom stereocenters. The number of nitrogens with zero attached hydrogens (tertiary/aromatic N) is 2. The summed E-state index contributed by atoms with van der Waals surface area (Å²) in [6, 6.07) is 20.3. The molecule has 0 spiro atoms. The quantitative estimate of drug-likeness (QED) is 0.0946. The van der Waals surface area contributed by atoms with Crippen molar-refractivity contribution in [3.8, 4) is 5.75 Å². The molecule has 1 N–H and O–H groups in total. The van der Waals surface area contributed by atoms with E-state index in [9.17, 15) is 18.0 Å². The lowest BCUT2D eigenvalue weighted by Crippen LogP contribution is -2.40. The highest BCUT2D eigenvalue weighted by Gasteiger charge is 2.35. The smallest absolute Gasteiger partial charge is 0.338 e. The zero-order valence-corrected chi connectivity index (χ0v) is 29.1. The molecular formula is C38H49N3O6S. The number of anilines is 1. The number of hydrogen-bond acceptors (Lipinski definition) is 7. The second-order valence-corrected chi connectivity index (χ2v) is 14.0. The highest BCUT2D eigenvalue weighted by molar-refractivity contribution is 7.90. The molecule has 48 heavy (non-hydrogen) atoms. The maximum absolute atomic E-state index is 13.7. The molecule has 0 bridgehead atoms. The van der Waals surface area contributed by atoms with E-state index in [0.717, 1.165) is 24.8 Å². The zero-order chi connectivity index (χ0) is 34.2. The Morgan fingerprint density at radius 3 is 2.08 bits per heavy atom. The minimum Gasteiger partial charge on any atom is -0.495 e. The van der Waals surface area contributed by atoms with Gasteiger partial charge in [0.25, 0.3) is 10.0 Å². The Morgan fingerprint density at radius 2 is 1.42 bits per heavy atom. The summed E-state index contributed by atoms with van der Waals surface area (Å²) in [6.45, 7) is 2.59. The molecule has 258 valence electrons. The Morgan fingerprint density at radius 1 is 0.792 bits per heavy atom. The summed E-state index contributed by atoms with van der Waals surface area (Å²) in [7, 11) is -2.50. The Kier molecular flexibility index (Phi) is 14.5. The SMILES string of the molecule is CCCCCCCCCCCCCCOC(=O)c1ccc(OC)c(NC(=O)CC2=Nc3ccccc3S(=O)(=O)N2Cc2ccccc2)c1. The van der Waals surface area contributed by atoms with Gasteiger partial charge in [-0.25, -0.2) is 22.5 Å². The van der Waals surface area contributed by atoms with Crippen LogP contribution in [0.3, 0.4) is 0 Å². The van der Waals surface area contributed by atoms with Crippen molar-refractivity contribution in [2.24, 2.45) is 4.99 Å². The third-order valence-corrected chi connectivity index (χ3v) is 10.2. The van der Waals surface area contributed by atoms with Crippen LogP contribution in [-0.2, 0) is 26.1 Å². The Balaban J connectivity index is 1.31. The maximum atomic E-state index is 13.7. The van der Waals surface area contributed by atoms with Crippen LogP contribution in [0.4, 0.5) is 11.4 Å². The molecule has 10 heteroatoms. The first-order valence-corrected chi connectivity index (χ1v) is 18.7. The molecule has 0 atom stereocenters. The Labute approximate surface area is 285 Å². The molecule has 0 fully saturated rings. The number of carbonyl (C=O) groups is 2. The average Bonchev–Trinajstić information content (AvgIpc) is 3.09. The number of esters is 1. The summed E-state index contributed by atoms with van der Waals surface area (Å²) < 4.78 is 39.4. The molecule has 4 rings (SSSR count). The van der Waals surface area contributed by atoms with E-state index in [1.807, 2.05) is 30.3 Å². The van der Waals surface area contributed by atoms with Gasteiger partial charge in [-0.2, -0.15) is 0 Å². The largest absolute Gasteiger partial charge is 0.495 e.